The number of benzene rings is 1. The number of carbonyl (C=O) groups excluding carboxylic acids is 2. The lowest BCUT2D eigenvalue weighted by Crippen LogP contribution is -2.52. The van der Waals surface area contributed by atoms with Gasteiger partial charge in [0.05, 0.1) is 18.2 Å². The molecule has 1 aliphatic carbocycles. The molecule has 1 heterocycles. The number of ether oxygens (including phenoxy) is 2. The van der Waals surface area contributed by atoms with Crippen molar-refractivity contribution >= 4 is 27.7 Å². The predicted molar refractivity (Wildman–Crippen MR) is 106 cm³/mol. The molecule has 1 aromatic rings. The standard InChI is InChI=1S/C20H27BrN2O4/c1-3-11-27-18-16(21)12-15(13-17(18)26-2)20(25)23-9-7-22(8-10-23)19(24)14-5-4-6-14/h12-14H,3-11H2,1-2H3. The Morgan fingerprint density at radius 3 is 2.37 bits per heavy atom. The molecule has 0 radical (unpaired) electrons. The molecule has 0 N–H and O–H groups in total. The van der Waals surface area contributed by atoms with Gasteiger partial charge in [0.25, 0.3) is 5.91 Å². The average molecular weight is 439 g/mol. The molecule has 3 rings (SSSR count). The predicted octanol–water partition coefficient (Wildman–Crippen LogP) is 3.33. The molecule has 0 atom stereocenters. The summed E-state index contributed by atoms with van der Waals surface area (Å²) in [6, 6.07) is 3.51. The first-order chi connectivity index (χ1) is 13.0. The van der Waals surface area contributed by atoms with Crippen LogP contribution < -0.4 is 9.47 Å². The van der Waals surface area contributed by atoms with Crippen molar-refractivity contribution in [2.75, 3.05) is 39.9 Å². The van der Waals surface area contributed by atoms with Crippen LogP contribution in [0, 0.1) is 5.92 Å². The van der Waals surface area contributed by atoms with E-state index in [2.05, 4.69) is 15.9 Å². The van der Waals surface area contributed by atoms with Crippen LogP contribution in [0.2, 0.25) is 0 Å². The number of carbonyl (C=O) groups is 2. The summed E-state index contributed by atoms with van der Waals surface area (Å²) >= 11 is 3.49. The summed E-state index contributed by atoms with van der Waals surface area (Å²) in [6.45, 7) is 4.96. The van der Waals surface area contributed by atoms with Crippen LogP contribution in [-0.2, 0) is 4.79 Å². The van der Waals surface area contributed by atoms with Gasteiger partial charge in [0.15, 0.2) is 11.5 Å². The quantitative estimate of drug-likeness (QED) is 0.683. The fraction of sp³-hybridized carbons (Fsp3) is 0.600. The molecule has 2 amide bonds. The summed E-state index contributed by atoms with van der Waals surface area (Å²) in [5.74, 6) is 1.58. The zero-order chi connectivity index (χ0) is 19.4. The number of nitrogens with zero attached hydrogens (tertiary/aromatic N) is 2. The van der Waals surface area contributed by atoms with Crippen LogP contribution in [0.15, 0.2) is 16.6 Å². The minimum atomic E-state index is -0.0493. The van der Waals surface area contributed by atoms with Gasteiger partial charge in [-0.15, -0.1) is 0 Å². The van der Waals surface area contributed by atoms with Crippen LogP contribution in [0.4, 0.5) is 0 Å². The van der Waals surface area contributed by atoms with Gasteiger partial charge >= 0.3 is 0 Å². The SMILES string of the molecule is CCCOc1c(Br)cc(C(=O)N2CCN(C(=O)C3CCC3)CC2)cc1OC. The molecule has 148 valence electrons. The van der Waals surface area contributed by atoms with Gasteiger partial charge in [0.2, 0.25) is 5.91 Å². The largest absolute Gasteiger partial charge is 0.493 e. The Balaban J connectivity index is 1.65. The highest BCUT2D eigenvalue weighted by atomic mass is 79.9. The van der Waals surface area contributed by atoms with E-state index in [4.69, 9.17) is 9.47 Å². The van der Waals surface area contributed by atoms with Crippen molar-refractivity contribution in [1.82, 2.24) is 9.80 Å². The zero-order valence-corrected chi connectivity index (χ0v) is 17.6. The van der Waals surface area contributed by atoms with Gasteiger partial charge in [0, 0.05) is 37.7 Å². The fourth-order valence-electron chi connectivity index (χ4n) is 3.41. The molecule has 2 aliphatic rings. The maximum atomic E-state index is 12.9. The van der Waals surface area contributed by atoms with Crippen LogP contribution in [0.5, 0.6) is 11.5 Å². The van der Waals surface area contributed by atoms with Crippen LogP contribution in [0.25, 0.3) is 0 Å². The Bertz CT molecular complexity index is 697. The molecule has 0 aromatic heterocycles. The molecular weight excluding hydrogens is 412 g/mol. The van der Waals surface area contributed by atoms with Crippen LogP contribution >= 0.6 is 15.9 Å². The van der Waals surface area contributed by atoms with Gasteiger partial charge in [-0.25, -0.2) is 0 Å². The topological polar surface area (TPSA) is 59.1 Å². The van der Waals surface area contributed by atoms with Crippen molar-refractivity contribution in [2.24, 2.45) is 5.92 Å². The summed E-state index contributed by atoms with van der Waals surface area (Å²) in [6.07, 6.45) is 4.07. The second kappa shape index (κ2) is 8.95. The molecule has 1 saturated carbocycles. The molecule has 1 saturated heterocycles. The van der Waals surface area contributed by atoms with Gasteiger partial charge < -0.3 is 19.3 Å². The van der Waals surface area contributed by atoms with E-state index in [0.717, 1.165) is 25.7 Å². The lowest BCUT2D eigenvalue weighted by molar-refractivity contribution is -0.139. The number of piperazine rings is 1. The molecule has 2 fully saturated rings. The van der Waals surface area contributed by atoms with Crippen LogP contribution in [-0.4, -0.2) is 61.5 Å². The summed E-state index contributed by atoms with van der Waals surface area (Å²) in [7, 11) is 1.57. The Hall–Kier alpha value is -1.76. The minimum absolute atomic E-state index is 0.0493. The molecule has 6 nitrogen and oxygen atoms in total. The normalized spacial score (nSPS) is 17.4. The van der Waals surface area contributed by atoms with E-state index >= 15 is 0 Å². The highest BCUT2D eigenvalue weighted by Crippen LogP contribution is 2.37. The molecule has 0 unspecified atom stereocenters. The van der Waals surface area contributed by atoms with Crippen molar-refractivity contribution < 1.29 is 19.1 Å². The van der Waals surface area contributed by atoms with Crippen molar-refractivity contribution in [3.05, 3.63) is 22.2 Å². The van der Waals surface area contributed by atoms with E-state index in [1.807, 2.05) is 11.8 Å². The highest BCUT2D eigenvalue weighted by Gasteiger charge is 2.32. The lowest BCUT2D eigenvalue weighted by atomic mass is 9.84. The first kappa shape index (κ1) is 20.0. The van der Waals surface area contributed by atoms with Gasteiger partial charge in [-0.3, -0.25) is 9.59 Å². The zero-order valence-electron chi connectivity index (χ0n) is 16.0. The van der Waals surface area contributed by atoms with Gasteiger partial charge in [0.1, 0.15) is 0 Å². The van der Waals surface area contributed by atoms with E-state index < -0.39 is 0 Å². The smallest absolute Gasteiger partial charge is 0.254 e. The Morgan fingerprint density at radius 2 is 1.81 bits per heavy atom. The summed E-state index contributed by atoms with van der Waals surface area (Å²) in [5, 5.41) is 0. The third kappa shape index (κ3) is 4.39. The second-order valence-electron chi connectivity index (χ2n) is 7.08. The number of halogens is 1. The van der Waals surface area contributed by atoms with Crippen molar-refractivity contribution in [1.29, 1.82) is 0 Å². The highest BCUT2D eigenvalue weighted by molar-refractivity contribution is 9.10. The Labute approximate surface area is 168 Å². The summed E-state index contributed by atoms with van der Waals surface area (Å²) in [5.41, 5.74) is 0.557. The molecule has 0 bridgehead atoms. The lowest BCUT2D eigenvalue weighted by Gasteiger charge is -2.38. The van der Waals surface area contributed by atoms with E-state index in [1.54, 1.807) is 24.1 Å². The van der Waals surface area contributed by atoms with E-state index in [-0.39, 0.29) is 17.7 Å². The maximum absolute atomic E-state index is 12.9. The molecule has 1 aliphatic heterocycles. The second-order valence-corrected chi connectivity index (χ2v) is 7.94. The summed E-state index contributed by atoms with van der Waals surface area (Å²) in [4.78, 5) is 29.0. The third-order valence-electron chi connectivity index (χ3n) is 5.26. The number of hydrogen-bond donors (Lipinski definition) is 0. The Kier molecular flexibility index (Phi) is 6.63. The van der Waals surface area contributed by atoms with Crippen molar-refractivity contribution in [2.45, 2.75) is 32.6 Å². The average Bonchev–Trinajstić information content (AvgIpc) is 2.64. The maximum Gasteiger partial charge on any atom is 0.254 e. The third-order valence-corrected chi connectivity index (χ3v) is 5.85. The first-order valence-corrected chi connectivity index (χ1v) is 10.4. The van der Waals surface area contributed by atoms with E-state index in [0.29, 0.717) is 54.3 Å². The molecule has 27 heavy (non-hydrogen) atoms. The first-order valence-electron chi connectivity index (χ1n) is 9.63. The van der Waals surface area contributed by atoms with Gasteiger partial charge in [-0.1, -0.05) is 13.3 Å². The van der Waals surface area contributed by atoms with Gasteiger partial charge in [-0.2, -0.15) is 0 Å². The van der Waals surface area contributed by atoms with Crippen molar-refractivity contribution in [3.8, 4) is 11.5 Å². The van der Waals surface area contributed by atoms with E-state index in [1.165, 1.54) is 0 Å². The minimum Gasteiger partial charge on any atom is -0.493 e. The number of methoxy groups -OCH3 is 1. The molecule has 0 spiro atoms. The Morgan fingerprint density at radius 1 is 1.15 bits per heavy atom. The van der Waals surface area contributed by atoms with Crippen molar-refractivity contribution in [3.63, 3.8) is 0 Å². The van der Waals surface area contributed by atoms with Crippen LogP contribution in [0.3, 0.4) is 0 Å². The number of amides is 2. The van der Waals surface area contributed by atoms with Crippen LogP contribution in [0.1, 0.15) is 43.0 Å². The summed E-state index contributed by atoms with van der Waals surface area (Å²) < 4.78 is 11.8. The fourth-order valence-corrected chi connectivity index (χ4v) is 3.97. The van der Waals surface area contributed by atoms with Gasteiger partial charge in [-0.05, 0) is 47.3 Å². The molecule has 1 aromatic carbocycles. The number of rotatable bonds is 6. The monoisotopic (exact) mass is 438 g/mol. The number of hydrogen-bond acceptors (Lipinski definition) is 4. The molecular formula is C20H27BrN2O4. The van der Waals surface area contributed by atoms with E-state index in [9.17, 15) is 9.59 Å². The molecule has 7 heteroatoms.